The second kappa shape index (κ2) is 10.9. The van der Waals surface area contributed by atoms with E-state index in [-0.39, 0.29) is 11.9 Å². The number of benzene rings is 2. The second-order valence-electron chi connectivity index (χ2n) is 6.93. The SMILES string of the molecule is CCNC(=NCc1cccc(C(=O)NCc2ccco2)c1)NC(C)c1ccccc1. The second-order valence-corrected chi connectivity index (χ2v) is 6.93. The van der Waals surface area contributed by atoms with Gasteiger partial charge in [0.15, 0.2) is 5.96 Å². The van der Waals surface area contributed by atoms with E-state index in [2.05, 4.69) is 40.0 Å². The summed E-state index contributed by atoms with van der Waals surface area (Å²) in [6.45, 7) is 5.74. The summed E-state index contributed by atoms with van der Waals surface area (Å²) in [5.74, 6) is 1.32. The van der Waals surface area contributed by atoms with Gasteiger partial charge in [0, 0.05) is 12.1 Å². The zero-order chi connectivity index (χ0) is 21.2. The third kappa shape index (κ3) is 6.24. The number of rotatable bonds is 8. The van der Waals surface area contributed by atoms with Gasteiger partial charge in [0.2, 0.25) is 0 Å². The van der Waals surface area contributed by atoms with Crippen LogP contribution < -0.4 is 16.0 Å². The van der Waals surface area contributed by atoms with Crippen molar-refractivity contribution in [3.8, 4) is 0 Å². The van der Waals surface area contributed by atoms with Crippen LogP contribution in [0.1, 0.15) is 47.1 Å². The van der Waals surface area contributed by atoms with E-state index in [1.54, 1.807) is 18.4 Å². The first kappa shape index (κ1) is 21.2. The van der Waals surface area contributed by atoms with E-state index in [9.17, 15) is 4.79 Å². The molecule has 1 amide bonds. The molecule has 6 heteroatoms. The highest BCUT2D eigenvalue weighted by Crippen LogP contribution is 2.11. The summed E-state index contributed by atoms with van der Waals surface area (Å²) in [6.07, 6.45) is 1.59. The monoisotopic (exact) mass is 404 g/mol. The quantitative estimate of drug-likeness (QED) is 0.391. The van der Waals surface area contributed by atoms with Gasteiger partial charge in [-0.05, 0) is 49.2 Å². The Hall–Kier alpha value is -3.54. The lowest BCUT2D eigenvalue weighted by molar-refractivity contribution is 0.0948. The summed E-state index contributed by atoms with van der Waals surface area (Å²) >= 11 is 0. The molecule has 1 aromatic heterocycles. The normalized spacial score (nSPS) is 12.3. The number of guanidine groups is 1. The van der Waals surface area contributed by atoms with Crippen LogP contribution in [0.25, 0.3) is 0 Å². The molecule has 0 spiro atoms. The van der Waals surface area contributed by atoms with Crippen molar-refractivity contribution in [1.82, 2.24) is 16.0 Å². The highest BCUT2D eigenvalue weighted by Gasteiger charge is 2.09. The molecule has 3 N–H and O–H groups in total. The standard InChI is InChI=1S/C24H28N4O2/c1-3-25-24(28-18(2)20-10-5-4-6-11-20)27-16-19-9-7-12-21(15-19)23(29)26-17-22-13-8-14-30-22/h4-15,18H,3,16-17H2,1-2H3,(H,26,29)(H2,25,27,28). The molecule has 0 saturated heterocycles. The van der Waals surface area contributed by atoms with Gasteiger partial charge >= 0.3 is 0 Å². The first-order valence-electron chi connectivity index (χ1n) is 10.1. The maximum absolute atomic E-state index is 12.4. The van der Waals surface area contributed by atoms with Crippen molar-refractivity contribution in [2.24, 2.45) is 4.99 Å². The number of hydrogen-bond donors (Lipinski definition) is 3. The van der Waals surface area contributed by atoms with Crippen LogP contribution >= 0.6 is 0 Å². The molecular formula is C24H28N4O2. The Morgan fingerprint density at radius 2 is 1.87 bits per heavy atom. The van der Waals surface area contributed by atoms with Gasteiger partial charge in [-0.1, -0.05) is 42.5 Å². The van der Waals surface area contributed by atoms with E-state index in [1.165, 1.54) is 5.56 Å². The average molecular weight is 405 g/mol. The first-order chi connectivity index (χ1) is 14.7. The molecule has 0 fully saturated rings. The predicted octanol–water partition coefficient (Wildman–Crippen LogP) is 4.03. The van der Waals surface area contributed by atoms with Gasteiger partial charge < -0.3 is 20.4 Å². The van der Waals surface area contributed by atoms with Gasteiger partial charge in [-0.25, -0.2) is 4.99 Å². The van der Waals surface area contributed by atoms with Gasteiger partial charge in [-0.2, -0.15) is 0 Å². The van der Waals surface area contributed by atoms with Crippen molar-refractivity contribution in [2.75, 3.05) is 6.54 Å². The van der Waals surface area contributed by atoms with Gasteiger partial charge in [0.1, 0.15) is 5.76 Å². The van der Waals surface area contributed by atoms with E-state index < -0.39 is 0 Å². The lowest BCUT2D eigenvalue weighted by Gasteiger charge is -2.18. The highest BCUT2D eigenvalue weighted by atomic mass is 16.3. The van der Waals surface area contributed by atoms with Crippen molar-refractivity contribution < 1.29 is 9.21 Å². The largest absolute Gasteiger partial charge is 0.467 e. The minimum Gasteiger partial charge on any atom is -0.467 e. The molecule has 1 heterocycles. The molecule has 1 atom stereocenters. The zero-order valence-electron chi connectivity index (χ0n) is 17.4. The number of amides is 1. The van der Waals surface area contributed by atoms with Crippen molar-refractivity contribution >= 4 is 11.9 Å². The van der Waals surface area contributed by atoms with E-state index >= 15 is 0 Å². The Labute approximate surface area is 177 Å². The van der Waals surface area contributed by atoms with Crippen LogP contribution in [-0.2, 0) is 13.1 Å². The summed E-state index contributed by atoms with van der Waals surface area (Å²) in [5, 5.41) is 9.57. The lowest BCUT2D eigenvalue weighted by Crippen LogP contribution is -2.38. The molecule has 3 rings (SSSR count). The average Bonchev–Trinajstić information content (AvgIpc) is 3.30. The molecule has 2 aromatic carbocycles. The van der Waals surface area contributed by atoms with Crippen molar-refractivity contribution in [1.29, 1.82) is 0 Å². The van der Waals surface area contributed by atoms with Crippen molar-refractivity contribution in [2.45, 2.75) is 33.0 Å². The molecule has 156 valence electrons. The van der Waals surface area contributed by atoms with Crippen LogP contribution in [0.5, 0.6) is 0 Å². The van der Waals surface area contributed by atoms with Crippen LogP contribution in [0.2, 0.25) is 0 Å². The summed E-state index contributed by atoms with van der Waals surface area (Å²) in [6, 6.07) is 21.5. The molecule has 0 saturated carbocycles. The summed E-state index contributed by atoms with van der Waals surface area (Å²) in [5.41, 5.74) is 2.76. The number of carbonyl (C=O) groups is 1. The molecule has 3 aromatic rings. The van der Waals surface area contributed by atoms with Crippen LogP contribution in [0.4, 0.5) is 0 Å². The number of aliphatic imine (C=N–C) groups is 1. The van der Waals surface area contributed by atoms with E-state index in [0.717, 1.165) is 23.8 Å². The Balaban J connectivity index is 1.62. The number of hydrogen-bond acceptors (Lipinski definition) is 3. The van der Waals surface area contributed by atoms with Gasteiger partial charge in [-0.15, -0.1) is 0 Å². The van der Waals surface area contributed by atoms with Gasteiger partial charge in [-0.3, -0.25) is 4.79 Å². The van der Waals surface area contributed by atoms with E-state index in [1.807, 2.05) is 49.4 Å². The Morgan fingerprint density at radius 3 is 2.60 bits per heavy atom. The minimum atomic E-state index is -0.139. The van der Waals surface area contributed by atoms with E-state index in [0.29, 0.717) is 18.7 Å². The number of furan rings is 1. The fraction of sp³-hybridized carbons (Fsp3) is 0.250. The molecule has 30 heavy (non-hydrogen) atoms. The fourth-order valence-corrected chi connectivity index (χ4v) is 3.01. The van der Waals surface area contributed by atoms with Crippen molar-refractivity contribution in [3.63, 3.8) is 0 Å². The number of nitrogens with zero attached hydrogens (tertiary/aromatic N) is 1. The van der Waals surface area contributed by atoms with Crippen molar-refractivity contribution in [3.05, 3.63) is 95.4 Å². The van der Waals surface area contributed by atoms with Crippen LogP contribution in [-0.4, -0.2) is 18.4 Å². The Morgan fingerprint density at radius 1 is 1.03 bits per heavy atom. The van der Waals surface area contributed by atoms with Gasteiger partial charge in [0.25, 0.3) is 5.91 Å². The molecule has 0 radical (unpaired) electrons. The van der Waals surface area contributed by atoms with E-state index in [4.69, 9.17) is 4.42 Å². The molecule has 6 nitrogen and oxygen atoms in total. The molecule has 0 aliphatic carbocycles. The summed E-state index contributed by atoms with van der Waals surface area (Å²) in [7, 11) is 0. The van der Waals surface area contributed by atoms with Crippen LogP contribution in [0, 0.1) is 0 Å². The van der Waals surface area contributed by atoms with Gasteiger partial charge in [0.05, 0.1) is 25.4 Å². The topological polar surface area (TPSA) is 78.7 Å². The Kier molecular flexibility index (Phi) is 7.66. The summed E-state index contributed by atoms with van der Waals surface area (Å²) in [4.78, 5) is 17.1. The fourth-order valence-electron chi connectivity index (χ4n) is 3.01. The highest BCUT2D eigenvalue weighted by molar-refractivity contribution is 5.94. The molecule has 1 unspecified atom stereocenters. The predicted molar refractivity (Wildman–Crippen MR) is 119 cm³/mol. The zero-order valence-corrected chi connectivity index (χ0v) is 17.4. The first-order valence-corrected chi connectivity index (χ1v) is 10.1. The molecule has 0 aliphatic heterocycles. The van der Waals surface area contributed by atoms with Crippen LogP contribution in [0.15, 0.2) is 82.4 Å². The maximum atomic E-state index is 12.4. The third-order valence-electron chi connectivity index (χ3n) is 4.61. The molecule has 0 aliphatic rings. The number of carbonyl (C=O) groups excluding carboxylic acids is 1. The Bertz CT molecular complexity index is 952. The lowest BCUT2D eigenvalue weighted by atomic mass is 10.1. The van der Waals surface area contributed by atoms with Crippen LogP contribution in [0.3, 0.4) is 0 Å². The number of nitrogens with one attached hydrogen (secondary N) is 3. The third-order valence-corrected chi connectivity index (χ3v) is 4.61. The maximum Gasteiger partial charge on any atom is 0.251 e. The summed E-state index contributed by atoms with van der Waals surface area (Å²) < 4.78 is 5.25. The minimum absolute atomic E-state index is 0.128. The smallest absolute Gasteiger partial charge is 0.251 e. The molecule has 0 bridgehead atoms. The molecular weight excluding hydrogens is 376 g/mol.